The number of carbonyl (C=O) groups excluding carboxylic acids is 1. The summed E-state index contributed by atoms with van der Waals surface area (Å²) in [6.45, 7) is 0.560. The fourth-order valence-corrected chi connectivity index (χ4v) is 6.37. The molecule has 2 aliphatic heterocycles. The van der Waals surface area contributed by atoms with Crippen LogP contribution in [0.15, 0.2) is 78.9 Å². The second-order valence-electron chi connectivity index (χ2n) is 10.5. The van der Waals surface area contributed by atoms with Gasteiger partial charge in [0.15, 0.2) is 6.10 Å². The minimum absolute atomic E-state index is 0.0348. The second-order valence-corrected chi connectivity index (χ2v) is 10.5. The van der Waals surface area contributed by atoms with Gasteiger partial charge in [0, 0.05) is 12.6 Å². The number of hydrogen-bond donors (Lipinski definition) is 0. The highest BCUT2D eigenvalue weighted by Gasteiger charge is 2.56. The molecular formula is C31H29F6NO3. The number of benzene rings is 3. The number of carbonyl (C=O) groups is 1. The Morgan fingerprint density at radius 1 is 0.878 bits per heavy atom. The highest BCUT2D eigenvalue weighted by atomic mass is 19.4. The third-order valence-electron chi connectivity index (χ3n) is 8.20. The van der Waals surface area contributed by atoms with E-state index in [1.807, 2.05) is 60.7 Å². The van der Waals surface area contributed by atoms with E-state index in [4.69, 9.17) is 9.47 Å². The van der Waals surface area contributed by atoms with Gasteiger partial charge in [0.05, 0.1) is 29.9 Å². The Hall–Kier alpha value is -3.37. The number of nitrogens with zero attached hydrogens (tertiary/aromatic N) is 1. The zero-order valence-electron chi connectivity index (χ0n) is 22.2. The molecule has 4 nitrogen and oxygen atoms in total. The van der Waals surface area contributed by atoms with Crippen molar-refractivity contribution < 1.29 is 40.6 Å². The lowest BCUT2D eigenvalue weighted by Crippen LogP contribution is -2.57. The third-order valence-corrected chi connectivity index (χ3v) is 8.20. The van der Waals surface area contributed by atoms with E-state index < -0.39 is 52.8 Å². The van der Waals surface area contributed by atoms with Gasteiger partial charge in [0.2, 0.25) is 0 Å². The van der Waals surface area contributed by atoms with Crippen molar-refractivity contribution in [3.63, 3.8) is 0 Å². The number of halogens is 6. The van der Waals surface area contributed by atoms with E-state index in [2.05, 4.69) is 4.90 Å². The van der Waals surface area contributed by atoms with E-state index in [1.165, 1.54) is 0 Å². The van der Waals surface area contributed by atoms with Crippen LogP contribution in [0.25, 0.3) is 0 Å². The van der Waals surface area contributed by atoms with Gasteiger partial charge >= 0.3 is 18.3 Å². The maximum absolute atomic E-state index is 13.7. The molecule has 4 atom stereocenters. The molecule has 2 fully saturated rings. The molecule has 2 saturated heterocycles. The first kappa shape index (κ1) is 29.1. The van der Waals surface area contributed by atoms with Gasteiger partial charge in [-0.25, -0.2) is 4.79 Å². The molecule has 0 unspecified atom stereocenters. The van der Waals surface area contributed by atoms with Crippen molar-refractivity contribution in [3.05, 3.63) is 107 Å². The molecule has 2 heterocycles. The fraction of sp³-hybridized carbons (Fsp3) is 0.387. The molecule has 0 saturated carbocycles. The molecule has 0 radical (unpaired) electrons. The molecule has 5 rings (SSSR count). The Balaban J connectivity index is 1.60. The molecule has 3 aromatic carbocycles. The molecule has 3 aromatic rings. The van der Waals surface area contributed by atoms with Crippen molar-refractivity contribution in [2.24, 2.45) is 0 Å². The summed E-state index contributed by atoms with van der Waals surface area (Å²) in [5.74, 6) is -1.07. The number of esters is 1. The average molecular weight is 578 g/mol. The lowest BCUT2D eigenvalue weighted by atomic mass is 9.78. The molecule has 41 heavy (non-hydrogen) atoms. The maximum Gasteiger partial charge on any atom is 0.416 e. The first-order valence-corrected chi connectivity index (χ1v) is 13.3. The van der Waals surface area contributed by atoms with E-state index >= 15 is 0 Å². The molecule has 0 aromatic heterocycles. The average Bonchev–Trinajstić information content (AvgIpc) is 3.19. The molecule has 218 valence electrons. The monoisotopic (exact) mass is 577 g/mol. The first-order chi connectivity index (χ1) is 19.4. The van der Waals surface area contributed by atoms with Crippen LogP contribution >= 0.6 is 0 Å². The van der Waals surface area contributed by atoms with Gasteiger partial charge in [-0.1, -0.05) is 60.7 Å². The van der Waals surface area contributed by atoms with Crippen molar-refractivity contribution in [3.8, 4) is 0 Å². The van der Waals surface area contributed by atoms with Crippen LogP contribution < -0.4 is 0 Å². The maximum atomic E-state index is 13.7. The summed E-state index contributed by atoms with van der Waals surface area (Å²) >= 11 is 0. The van der Waals surface area contributed by atoms with Crippen molar-refractivity contribution in [2.45, 2.75) is 68.4 Å². The fourth-order valence-electron chi connectivity index (χ4n) is 6.37. The predicted octanol–water partition coefficient (Wildman–Crippen LogP) is 7.68. The Kier molecular flexibility index (Phi) is 7.91. The van der Waals surface area contributed by atoms with Gasteiger partial charge < -0.3 is 9.47 Å². The lowest BCUT2D eigenvalue weighted by molar-refractivity contribution is -0.174. The van der Waals surface area contributed by atoms with Gasteiger partial charge in [-0.2, -0.15) is 26.3 Å². The molecule has 2 bridgehead atoms. The van der Waals surface area contributed by atoms with E-state index in [9.17, 15) is 31.1 Å². The van der Waals surface area contributed by atoms with Crippen molar-refractivity contribution in [1.82, 2.24) is 4.90 Å². The standard InChI is InChI=1S/C31H29F6NO3/c1-40-28(39)27(21-16-23(30(32,33)34)18-24(17-21)31(35,36)37)41-26-13-12-25-14-15-29(26,22-10-6-3-7-11-22)38(25)19-20-8-4-2-5-9-20/h2-11,16-18,25-27H,12-15,19H2,1H3/t25-,26+,27-,29+/m0/s1. The summed E-state index contributed by atoms with van der Waals surface area (Å²) in [5, 5.41) is 0. The Bertz CT molecular complexity index is 1330. The van der Waals surface area contributed by atoms with E-state index in [-0.39, 0.29) is 12.1 Å². The number of rotatable bonds is 7. The van der Waals surface area contributed by atoms with Crippen molar-refractivity contribution in [2.75, 3.05) is 7.11 Å². The highest BCUT2D eigenvalue weighted by molar-refractivity contribution is 5.76. The van der Waals surface area contributed by atoms with Gasteiger partial charge in [-0.15, -0.1) is 0 Å². The molecule has 0 aliphatic carbocycles. The van der Waals surface area contributed by atoms with Crippen LogP contribution in [0.5, 0.6) is 0 Å². The largest absolute Gasteiger partial charge is 0.467 e. The smallest absolute Gasteiger partial charge is 0.416 e. The Morgan fingerprint density at radius 2 is 1.46 bits per heavy atom. The zero-order chi connectivity index (χ0) is 29.4. The van der Waals surface area contributed by atoms with Crippen molar-refractivity contribution in [1.29, 1.82) is 0 Å². The minimum atomic E-state index is -5.07. The summed E-state index contributed by atoms with van der Waals surface area (Å²) in [5.41, 5.74) is -2.40. The summed E-state index contributed by atoms with van der Waals surface area (Å²) in [6, 6.07) is 20.6. The third kappa shape index (κ3) is 5.72. The van der Waals surface area contributed by atoms with Crippen LogP contribution in [-0.2, 0) is 38.7 Å². The minimum Gasteiger partial charge on any atom is -0.467 e. The van der Waals surface area contributed by atoms with E-state index in [1.54, 1.807) is 0 Å². The molecule has 0 spiro atoms. The van der Waals surface area contributed by atoms with Crippen LogP contribution in [0.2, 0.25) is 0 Å². The van der Waals surface area contributed by atoms with Gasteiger partial charge in [-0.3, -0.25) is 4.90 Å². The molecule has 10 heteroatoms. The van der Waals surface area contributed by atoms with Crippen LogP contribution in [0.3, 0.4) is 0 Å². The van der Waals surface area contributed by atoms with Crippen LogP contribution in [0.1, 0.15) is 59.6 Å². The number of ether oxygens (including phenoxy) is 2. The van der Waals surface area contributed by atoms with Gasteiger partial charge in [0.1, 0.15) is 0 Å². The number of alkyl halides is 6. The van der Waals surface area contributed by atoms with Crippen molar-refractivity contribution >= 4 is 5.97 Å². The Labute approximate surface area is 233 Å². The number of hydrogen-bond acceptors (Lipinski definition) is 4. The van der Waals surface area contributed by atoms with Gasteiger partial charge in [0.25, 0.3) is 0 Å². The summed E-state index contributed by atoms with van der Waals surface area (Å²) in [6.07, 6.45) is -10.0. The normalized spacial score (nSPS) is 23.8. The van der Waals surface area contributed by atoms with E-state index in [0.717, 1.165) is 24.7 Å². The summed E-state index contributed by atoms with van der Waals surface area (Å²) < 4.78 is 93.3. The predicted molar refractivity (Wildman–Crippen MR) is 138 cm³/mol. The summed E-state index contributed by atoms with van der Waals surface area (Å²) in [4.78, 5) is 15.3. The summed E-state index contributed by atoms with van der Waals surface area (Å²) in [7, 11) is 1.03. The van der Waals surface area contributed by atoms with Gasteiger partial charge in [-0.05, 0) is 60.6 Å². The molecular weight excluding hydrogens is 548 g/mol. The van der Waals surface area contributed by atoms with Crippen LogP contribution in [0, 0.1) is 0 Å². The van der Waals surface area contributed by atoms with Crippen LogP contribution in [-0.4, -0.2) is 30.1 Å². The highest BCUT2D eigenvalue weighted by Crippen LogP contribution is 2.53. The first-order valence-electron chi connectivity index (χ1n) is 13.3. The zero-order valence-corrected chi connectivity index (χ0v) is 22.2. The quantitative estimate of drug-likeness (QED) is 0.213. The number of methoxy groups -OCH3 is 1. The molecule has 0 amide bonds. The number of fused-ring (bicyclic) bond motifs is 2. The van der Waals surface area contributed by atoms with E-state index in [0.29, 0.717) is 37.9 Å². The molecule has 0 N–H and O–H groups in total. The molecule has 2 aliphatic rings. The van der Waals surface area contributed by atoms with Crippen LogP contribution in [0.4, 0.5) is 26.3 Å². The second kappa shape index (κ2) is 11.1. The number of piperidine rings is 1. The topological polar surface area (TPSA) is 38.8 Å². The lowest BCUT2D eigenvalue weighted by Gasteiger charge is -2.50. The Morgan fingerprint density at radius 3 is 2.02 bits per heavy atom. The SMILES string of the molecule is COC(=O)[C@@H](O[C@@H]1CC[C@H]2CC[C@]1(c1ccccc1)N2Cc1ccccc1)c1cc(C(F)(F)F)cc(C(F)(F)F)c1.